The lowest BCUT2D eigenvalue weighted by Gasteiger charge is -2.16. The van der Waals surface area contributed by atoms with E-state index in [-0.39, 0.29) is 18.4 Å². The topological polar surface area (TPSA) is 51.5 Å². The number of esters is 1. The van der Waals surface area contributed by atoms with Crippen molar-refractivity contribution in [3.63, 3.8) is 0 Å². The van der Waals surface area contributed by atoms with Gasteiger partial charge in [-0.3, -0.25) is 14.5 Å². The number of hydrogen-bond donors (Lipinski definition) is 0. The van der Waals surface area contributed by atoms with Crippen molar-refractivity contribution in [1.82, 2.24) is 9.47 Å². The largest absolute Gasteiger partial charge is 0.468 e. The van der Waals surface area contributed by atoms with Crippen molar-refractivity contribution in [1.29, 1.82) is 0 Å². The minimum atomic E-state index is -0.319. The Morgan fingerprint density at radius 3 is 2.77 bits per heavy atom. The van der Waals surface area contributed by atoms with Gasteiger partial charge in [-0.2, -0.15) is 0 Å². The summed E-state index contributed by atoms with van der Waals surface area (Å²) in [6.07, 6.45) is 3.73. The first-order valence-corrected chi connectivity index (χ1v) is 9.53. The van der Waals surface area contributed by atoms with Crippen LogP contribution >= 0.6 is 24.0 Å². The molecule has 0 radical (unpaired) electrons. The minimum Gasteiger partial charge on any atom is -0.468 e. The van der Waals surface area contributed by atoms with Crippen molar-refractivity contribution in [3.8, 4) is 0 Å². The molecule has 2 aromatic rings. The molecular formula is C19H20N2O3S2. The van der Waals surface area contributed by atoms with Crippen LogP contribution in [0.5, 0.6) is 0 Å². The smallest absolute Gasteiger partial charge is 0.325 e. The standard InChI is InChI=1S/C19H20N2O3S2/c1-12(2)9-21-18(23)16(26-19(21)25)8-13-10-20(11-17(22)24-3)15-7-5-4-6-14(13)15/h4-8,10,12H,9,11H2,1-3H3/b16-8-. The van der Waals surface area contributed by atoms with Crippen molar-refractivity contribution >= 4 is 57.2 Å². The molecule has 1 saturated heterocycles. The molecule has 3 rings (SSSR count). The van der Waals surface area contributed by atoms with E-state index in [0.29, 0.717) is 21.7 Å². The van der Waals surface area contributed by atoms with Gasteiger partial charge in [0.1, 0.15) is 10.9 Å². The van der Waals surface area contributed by atoms with Crippen molar-refractivity contribution in [2.24, 2.45) is 5.92 Å². The summed E-state index contributed by atoms with van der Waals surface area (Å²) in [7, 11) is 1.37. The van der Waals surface area contributed by atoms with Crippen LogP contribution in [0.25, 0.3) is 17.0 Å². The summed E-state index contributed by atoms with van der Waals surface area (Å²) in [5.74, 6) is -0.0297. The minimum absolute atomic E-state index is 0.0569. The highest BCUT2D eigenvalue weighted by Gasteiger charge is 2.32. The molecule has 7 heteroatoms. The van der Waals surface area contributed by atoms with Crippen LogP contribution in [0.15, 0.2) is 35.4 Å². The van der Waals surface area contributed by atoms with E-state index in [1.807, 2.05) is 41.1 Å². The molecule has 136 valence electrons. The number of thiocarbonyl (C=S) groups is 1. The maximum absolute atomic E-state index is 12.7. The third kappa shape index (κ3) is 3.68. The first-order chi connectivity index (χ1) is 12.4. The zero-order valence-corrected chi connectivity index (χ0v) is 16.5. The molecule has 0 N–H and O–H groups in total. The SMILES string of the molecule is COC(=O)Cn1cc(/C=C2\SC(=S)N(CC(C)C)C2=O)c2ccccc21. The Morgan fingerprint density at radius 1 is 1.35 bits per heavy atom. The number of fused-ring (bicyclic) bond motifs is 1. The van der Waals surface area contributed by atoms with Gasteiger partial charge < -0.3 is 9.30 Å². The number of carbonyl (C=O) groups is 2. The fraction of sp³-hybridized carbons (Fsp3) is 0.316. The zero-order chi connectivity index (χ0) is 18.8. The highest BCUT2D eigenvalue weighted by molar-refractivity contribution is 8.26. The summed E-state index contributed by atoms with van der Waals surface area (Å²) in [4.78, 5) is 26.6. The third-order valence-corrected chi connectivity index (χ3v) is 5.43. The summed E-state index contributed by atoms with van der Waals surface area (Å²) in [5.41, 5.74) is 1.80. The molecule has 1 fully saturated rings. The van der Waals surface area contributed by atoms with E-state index >= 15 is 0 Å². The number of rotatable bonds is 5. The molecule has 0 saturated carbocycles. The third-order valence-electron chi connectivity index (χ3n) is 4.05. The molecule has 1 aliphatic heterocycles. The van der Waals surface area contributed by atoms with Crippen molar-refractivity contribution in [2.45, 2.75) is 20.4 Å². The number of benzene rings is 1. The molecule has 1 aromatic carbocycles. The highest BCUT2D eigenvalue weighted by atomic mass is 32.2. The van der Waals surface area contributed by atoms with E-state index in [0.717, 1.165) is 16.5 Å². The molecule has 2 heterocycles. The molecule has 5 nitrogen and oxygen atoms in total. The zero-order valence-electron chi connectivity index (χ0n) is 14.9. The van der Waals surface area contributed by atoms with Gasteiger partial charge in [0.25, 0.3) is 5.91 Å². The van der Waals surface area contributed by atoms with Crippen LogP contribution in [0.4, 0.5) is 0 Å². The molecule has 1 amide bonds. The monoisotopic (exact) mass is 388 g/mol. The first kappa shape index (κ1) is 18.7. The van der Waals surface area contributed by atoms with E-state index in [4.69, 9.17) is 17.0 Å². The molecule has 0 atom stereocenters. The normalized spacial score (nSPS) is 16.3. The number of aromatic nitrogens is 1. The lowest BCUT2D eigenvalue weighted by Crippen LogP contribution is -2.31. The van der Waals surface area contributed by atoms with E-state index in [1.165, 1.54) is 18.9 Å². The van der Waals surface area contributed by atoms with Crippen molar-refractivity contribution < 1.29 is 14.3 Å². The van der Waals surface area contributed by atoms with E-state index < -0.39 is 0 Å². The van der Waals surface area contributed by atoms with Crippen LogP contribution in [0, 0.1) is 5.92 Å². The lowest BCUT2D eigenvalue weighted by molar-refractivity contribution is -0.141. The average molecular weight is 389 g/mol. The molecule has 0 spiro atoms. The fourth-order valence-electron chi connectivity index (χ4n) is 2.89. The Bertz CT molecular complexity index is 915. The van der Waals surface area contributed by atoms with Gasteiger partial charge in [-0.1, -0.05) is 56.0 Å². The van der Waals surface area contributed by atoms with Crippen LogP contribution in [-0.4, -0.2) is 39.3 Å². The van der Waals surface area contributed by atoms with Crippen molar-refractivity contribution in [3.05, 3.63) is 40.9 Å². The Kier molecular flexibility index (Phi) is 5.48. The summed E-state index contributed by atoms with van der Waals surface area (Å²) in [5, 5.41) is 0.977. The second-order valence-corrected chi connectivity index (χ2v) is 8.17. The number of amides is 1. The number of hydrogen-bond acceptors (Lipinski definition) is 5. The van der Waals surface area contributed by atoms with Gasteiger partial charge in [0.2, 0.25) is 0 Å². The number of para-hydroxylation sites is 1. The number of thioether (sulfide) groups is 1. The Morgan fingerprint density at radius 2 is 2.08 bits per heavy atom. The first-order valence-electron chi connectivity index (χ1n) is 8.30. The van der Waals surface area contributed by atoms with E-state index in [9.17, 15) is 9.59 Å². The maximum atomic E-state index is 12.7. The summed E-state index contributed by atoms with van der Waals surface area (Å²) in [6, 6.07) is 7.78. The predicted molar refractivity (Wildman–Crippen MR) is 109 cm³/mol. The van der Waals surface area contributed by atoms with Crippen LogP contribution in [0.1, 0.15) is 19.4 Å². The van der Waals surface area contributed by atoms with Gasteiger partial charge in [-0.15, -0.1) is 0 Å². The second-order valence-electron chi connectivity index (χ2n) is 6.49. The fourth-order valence-corrected chi connectivity index (χ4v) is 4.15. The van der Waals surface area contributed by atoms with Gasteiger partial charge in [0, 0.05) is 29.2 Å². The number of methoxy groups -OCH3 is 1. The van der Waals surface area contributed by atoms with Crippen LogP contribution in [-0.2, 0) is 20.9 Å². The highest BCUT2D eigenvalue weighted by Crippen LogP contribution is 2.34. The maximum Gasteiger partial charge on any atom is 0.325 e. The number of ether oxygens (including phenoxy) is 1. The van der Waals surface area contributed by atoms with Gasteiger partial charge in [0.05, 0.1) is 12.0 Å². The van der Waals surface area contributed by atoms with Gasteiger partial charge in [-0.25, -0.2) is 0 Å². The molecule has 26 heavy (non-hydrogen) atoms. The molecular weight excluding hydrogens is 368 g/mol. The molecule has 1 aromatic heterocycles. The molecule has 0 unspecified atom stereocenters. The van der Waals surface area contributed by atoms with Crippen LogP contribution in [0.2, 0.25) is 0 Å². The summed E-state index contributed by atoms with van der Waals surface area (Å²) in [6.45, 7) is 4.86. The average Bonchev–Trinajstić information content (AvgIpc) is 3.07. The lowest BCUT2D eigenvalue weighted by atomic mass is 10.1. The van der Waals surface area contributed by atoms with Gasteiger partial charge in [0.15, 0.2) is 0 Å². The van der Waals surface area contributed by atoms with Gasteiger partial charge >= 0.3 is 5.97 Å². The van der Waals surface area contributed by atoms with Crippen LogP contribution in [0.3, 0.4) is 0 Å². The Hall–Kier alpha value is -2.12. The predicted octanol–water partition coefficient (Wildman–Crippen LogP) is 3.67. The van der Waals surface area contributed by atoms with Gasteiger partial charge in [-0.05, 0) is 18.1 Å². The molecule has 0 bridgehead atoms. The van der Waals surface area contributed by atoms with E-state index in [2.05, 4.69) is 13.8 Å². The number of nitrogens with zero attached hydrogens (tertiary/aromatic N) is 2. The Balaban J connectivity index is 1.98. The van der Waals surface area contributed by atoms with Crippen molar-refractivity contribution in [2.75, 3.05) is 13.7 Å². The second kappa shape index (κ2) is 7.63. The Labute approximate surface area is 162 Å². The van der Waals surface area contributed by atoms with Crippen LogP contribution < -0.4 is 0 Å². The molecule has 0 aliphatic carbocycles. The van der Waals surface area contributed by atoms with E-state index in [1.54, 1.807) is 4.90 Å². The summed E-state index contributed by atoms with van der Waals surface area (Å²) < 4.78 is 7.20. The quantitative estimate of drug-likeness (QED) is 0.444. The molecule has 1 aliphatic rings. The summed E-state index contributed by atoms with van der Waals surface area (Å²) >= 11 is 6.69. The number of carbonyl (C=O) groups excluding carboxylic acids is 2.